The van der Waals surface area contributed by atoms with Gasteiger partial charge >= 0.3 is 5.97 Å². The summed E-state index contributed by atoms with van der Waals surface area (Å²) in [7, 11) is -2.82. The number of aliphatic hydroxyl groups excluding tert-OH is 1. The van der Waals surface area contributed by atoms with Crippen molar-refractivity contribution in [2.24, 2.45) is 11.3 Å². The number of carbonyl (C=O) groups is 1. The third-order valence-corrected chi connectivity index (χ3v) is 12.3. The molecule has 0 amide bonds. The minimum Gasteiger partial charge on any atom is -0.481 e. The van der Waals surface area contributed by atoms with Crippen molar-refractivity contribution < 1.29 is 19.4 Å². The van der Waals surface area contributed by atoms with Crippen LogP contribution < -0.4 is 10.4 Å². The van der Waals surface area contributed by atoms with Gasteiger partial charge in [-0.25, -0.2) is 0 Å². The predicted octanol–water partition coefficient (Wildman–Crippen LogP) is 4.20. The van der Waals surface area contributed by atoms with Gasteiger partial charge in [-0.2, -0.15) is 0 Å². The summed E-state index contributed by atoms with van der Waals surface area (Å²) in [6, 6.07) is 20.7. The first kappa shape index (κ1) is 23.7. The van der Waals surface area contributed by atoms with Crippen molar-refractivity contribution in [1.82, 2.24) is 0 Å². The maximum atomic E-state index is 12.3. The molecule has 0 radical (unpaired) electrons. The van der Waals surface area contributed by atoms with Gasteiger partial charge in [0, 0.05) is 5.92 Å². The van der Waals surface area contributed by atoms with E-state index in [2.05, 4.69) is 45.0 Å². The molecule has 0 unspecified atom stereocenters. The molecule has 1 saturated carbocycles. The van der Waals surface area contributed by atoms with E-state index in [9.17, 15) is 15.0 Å². The first-order valence-corrected chi connectivity index (χ1v) is 13.2. The number of carboxylic acid groups (broad SMARTS) is 1. The molecule has 5 heteroatoms. The molecule has 0 saturated heterocycles. The molecular formula is C26H36O4Si. The number of hydrogen-bond donors (Lipinski definition) is 2. The minimum absolute atomic E-state index is 0.138. The Morgan fingerprint density at radius 1 is 1.03 bits per heavy atom. The van der Waals surface area contributed by atoms with Crippen LogP contribution in [0.3, 0.4) is 0 Å². The second-order valence-corrected chi connectivity index (χ2v) is 14.3. The fourth-order valence-electron chi connectivity index (χ4n) is 5.17. The molecular weight excluding hydrogens is 404 g/mol. The number of hydrogen-bond acceptors (Lipinski definition) is 3. The van der Waals surface area contributed by atoms with E-state index in [1.54, 1.807) is 0 Å². The third-order valence-electron chi connectivity index (χ3n) is 7.26. The Hall–Kier alpha value is -1.95. The van der Waals surface area contributed by atoms with E-state index < -0.39 is 25.8 Å². The van der Waals surface area contributed by atoms with Gasteiger partial charge in [0.15, 0.2) is 0 Å². The van der Waals surface area contributed by atoms with Crippen molar-refractivity contribution in [2.45, 2.75) is 71.1 Å². The van der Waals surface area contributed by atoms with E-state index in [0.717, 1.165) is 0 Å². The first-order chi connectivity index (χ1) is 14.6. The molecule has 0 aromatic heterocycles. The quantitative estimate of drug-likeness (QED) is 0.661. The molecule has 4 nitrogen and oxygen atoms in total. The standard InChI is InChI=1S/C26H36O4Si/c1-6-26(24(28)29)17-22(27)19(2)23(18-26)30-31(25(3,4)5,20-13-9-7-10-14-20)21-15-11-8-12-16-21/h7-16,19,22-23,27H,6,17-18H2,1-5H3,(H,28,29)/t19-,22+,23-,26-/m0/s1. The van der Waals surface area contributed by atoms with Crippen molar-refractivity contribution in [3.8, 4) is 0 Å². The van der Waals surface area contributed by atoms with E-state index in [0.29, 0.717) is 12.8 Å². The molecule has 4 atom stereocenters. The van der Waals surface area contributed by atoms with E-state index in [-0.39, 0.29) is 23.5 Å². The first-order valence-electron chi connectivity index (χ1n) is 11.3. The van der Waals surface area contributed by atoms with E-state index in [4.69, 9.17) is 4.43 Å². The van der Waals surface area contributed by atoms with Crippen LogP contribution in [0.1, 0.15) is 53.9 Å². The summed E-state index contributed by atoms with van der Waals surface area (Å²) in [5, 5.41) is 23.1. The molecule has 0 aliphatic heterocycles. The summed E-state index contributed by atoms with van der Waals surface area (Å²) in [4.78, 5) is 12.3. The van der Waals surface area contributed by atoms with Crippen molar-refractivity contribution >= 4 is 24.7 Å². The second kappa shape index (κ2) is 8.89. The number of rotatable bonds is 6. The van der Waals surface area contributed by atoms with Gasteiger partial charge in [-0.1, -0.05) is 95.3 Å². The average molecular weight is 441 g/mol. The summed E-state index contributed by atoms with van der Waals surface area (Å²) in [6.45, 7) is 10.5. The normalized spacial score (nSPS) is 27.1. The van der Waals surface area contributed by atoms with E-state index in [1.165, 1.54) is 10.4 Å². The lowest BCUT2D eigenvalue weighted by Crippen LogP contribution is -2.69. The van der Waals surface area contributed by atoms with E-state index >= 15 is 0 Å². The third kappa shape index (κ3) is 4.23. The molecule has 2 aromatic carbocycles. The average Bonchev–Trinajstić information content (AvgIpc) is 2.75. The topological polar surface area (TPSA) is 66.8 Å². The fraction of sp³-hybridized carbons (Fsp3) is 0.500. The highest BCUT2D eigenvalue weighted by Crippen LogP contribution is 2.46. The van der Waals surface area contributed by atoms with Gasteiger partial charge in [-0.05, 0) is 34.7 Å². The van der Waals surface area contributed by atoms with Gasteiger partial charge in [0.2, 0.25) is 0 Å². The van der Waals surface area contributed by atoms with Crippen molar-refractivity contribution in [2.75, 3.05) is 0 Å². The molecule has 1 aliphatic carbocycles. The zero-order chi connectivity index (χ0) is 22.9. The zero-order valence-electron chi connectivity index (χ0n) is 19.3. The summed E-state index contributed by atoms with van der Waals surface area (Å²) in [5.74, 6) is -0.974. The smallest absolute Gasteiger partial charge is 0.309 e. The van der Waals surface area contributed by atoms with Crippen LogP contribution in [-0.2, 0) is 9.22 Å². The second-order valence-electron chi connectivity index (χ2n) is 10.1. The number of aliphatic carboxylic acids is 1. The van der Waals surface area contributed by atoms with Crippen LogP contribution in [0.5, 0.6) is 0 Å². The van der Waals surface area contributed by atoms with Crippen LogP contribution in [0.2, 0.25) is 5.04 Å². The van der Waals surface area contributed by atoms with Gasteiger partial charge in [-0.3, -0.25) is 4.79 Å². The highest BCUT2D eigenvalue weighted by molar-refractivity contribution is 6.99. The summed E-state index contributed by atoms with van der Waals surface area (Å²) < 4.78 is 7.22. The summed E-state index contributed by atoms with van der Waals surface area (Å²) in [5.41, 5.74) is -0.956. The zero-order valence-corrected chi connectivity index (χ0v) is 20.3. The van der Waals surface area contributed by atoms with Crippen LogP contribution in [0.15, 0.2) is 60.7 Å². The highest BCUT2D eigenvalue weighted by atomic mass is 28.4. The molecule has 168 valence electrons. The largest absolute Gasteiger partial charge is 0.481 e. The van der Waals surface area contributed by atoms with Crippen LogP contribution in [0.25, 0.3) is 0 Å². The fourth-order valence-corrected chi connectivity index (χ4v) is 9.94. The Morgan fingerprint density at radius 3 is 1.90 bits per heavy atom. The monoisotopic (exact) mass is 440 g/mol. The van der Waals surface area contributed by atoms with Crippen molar-refractivity contribution in [1.29, 1.82) is 0 Å². The Bertz CT molecular complexity index is 838. The Morgan fingerprint density at radius 2 is 1.52 bits per heavy atom. The van der Waals surface area contributed by atoms with Gasteiger partial charge < -0.3 is 14.6 Å². The molecule has 0 heterocycles. The maximum Gasteiger partial charge on any atom is 0.309 e. The summed E-state index contributed by atoms with van der Waals surface area (Å²) >= 11 is 0. The van der Waals surface area contributed by atoms with Crippen LogP contribution in [0.4, 0.5) is 0 Å². The number of carboxylic acids is 1. The van der Waals surface area contributed by atoms with Crippen molar-refractivity contribution in [3.63, 3.8) is 0 Å². The van der Waals surface area contributed by atoms with Crippen LogP contribution in [0, 0.1) is 11.3 Å². The Kier molecular flexibility index (Phi) is 6.80. The molecule has 31 heavy (non-hydrogen) atoms. The number of benzene rings is 2. The lowest BCUT2D eigenvalue weighted by molar-refractivity contribution is -0.161. The minimum atomic E-state index is -2.82. The van der Waals surface area contributed by atoms with Gasteiger partial charge in [0.1, 0.15) is 0 Å². The number of aliphatic hydroxyl groups is 1. The highest BCUT2D eigenvalue weighted by Gasteiger charge is 2.55. The Balaban J connectivity index is 2.18. The molecule has 2 N–H and O–H groups in total. The molecule has 2 aromatic rings. The van der Waals surface area contributed by atoms with Gasteiger partial charge in [-0.15, -0.1) is 0 Å². The SMILES string of the molecule is CC[C@]1(C(=O)O)C[C@@H](O)[C@H](C)[C@@H](O[Si](c2ccccc2)(c2ccccc2)C(C)(C)C)C1. The predicted molar refractivity (Wildman–Crippen MR) is 127 cm³/mol. The molecule has 1 aliphatic rings. The molecule has 3 rings (SSSR count). The van der Waals surface area contributed by atoms with Gasteiger partial charge in [0.25, 0.3) is 8.32 Å². The van der Waals surface area contributed by atoms with Crippen LogP contribution >= 0.6 is 0 Å². The summed E-state index contributed by atoms with van der Waals surface area (Å²) in [6.07, 6.45) is 0.133. The lowest BCUT2D eigenvalue weighted by Gasteiger charge is -2.50. The van der Waals surface area contributed by atoms with Gasteiger partial charge in [0.05, 0.1) is 17.6 Å². The Labute approximate surface area is 187 Å². The maximum absolute atomic E-state index is 12.3. The molecule has 1 fully saturated rings. The van der Waals surface area contributed by atoms with Crippen LogP contribution in [-0.4, -0.2) is 36.7 Å². The lowest BCUT2D eigenvalue weighted by atomic mass is 9.66. The molecule has 0 bridgehead atoms. The molecule has 0 spiro atoms. The van der Waals surface area contributed by atoms with E-state index in [1.807, 2.05) is 50.2 Å². The van der Waals surface area contributed by atoms with Crippen molar-refractivity contribution in [3.05, 3.63) is 60.7 Å².